The van der Waals surface area contributed by atoms with Crippen molar-refractivity contribution in [3.63, 3.8) is 0 Å². The van der Waals surface area contributed by atoms with Crippen LogP contribution >= 0.6 is 15.9 Å². The van der Waals surface area contributed by atoms with Crippen molar-refractivity contribution in [2.75, 3.05) is 10.6 Å². The summed E-state index contributed by atoms with van der Waals surface area (Å²) in [4.78, 5) is 20.5. The summed E-state index contributed by atoms with van der Waals surface area (Å²) in [6.07, 6.45) is 5.17. The van der Waals surface area contributed by atoms with Crippen LogP contribution in [0.2, 0.25) is 0 Å². The van der Waals surface area contributed by atoms with E-state index in [0.717, 1.165) is 27.0 Å². The topological polar surface area (TPSA) is 66.9 Å². The molecule has 3 rings (SSSR count). The monoisotopic (exact) mass is 396 g/mol. The van der Waals surface area contributed by atoms with Crippen molar-refractivity contribution in [3.05, 3.63) is 82.3 Å². The Balaban J connectivity index is 1.61. The van der Waals surface area contributed by atoms with E-state index in [1.54, 1.807) is 24.7 Å². The van der Waals surface area contributed by atoms with Crippen LogP contribution in [0.15, 0.2) is 65.5 Å². The van der Waals surface area contributed by atoms with Crippen LogP contribution in [-0.2, 0) is 6.54 Å². The fraction of sp³-hybridized carbons (Fsp3) is 0.105. The molecule has 0 unspecified atom stereocenters. The van der Waals surface area contributed by atoms with Gasteiger partial charge in [0.1, 0.15) is 5.69 Å². The largest absolute Gasteiger partial charge is 0.380 e. The molecule has 1 aromatic carbocycles. The number of halogens is 1. The number of amides is 1. The van der Waals surface area contributed by atoms with Crippen molar-refractivity contribution in [3.8, 4) is 0 Å². The Hall–Kier alpha value is -2.73. The number of nitrogens with one attached hydrogen (secondary N) is 2. The Bertz CT molecular complexity index is 866. The van der Waals surface area contributed by atoms with Gasteiger partial charge in [0, 0.05) is 29.1 Å². The smallest absolute Gasteiger partial charge is 0.274 e. The van der Waals surface area contributed by atoms with Crippen LogP contribution in [0.5, 0.6) is 0 Å². The molecule has 5 nitrogen and oxygen atoms in total. The molecule has 0 saturated heterocycles. The molecule has 0 aliphatic heterocycles. The third-order valence-corrected chi connectivity index (χ3v) is 4.53. The molecule has 6 heteroatoms. The molecule has 0 fully saturated rings. The fourth-order valence-electron chi connectivity index (χ4n) is 2.20. The number of anilines is 2. The Labute approximate surface area is 154 Å². The molecule has 2 aromatic heterocycles. The van der Waals surface area contributed by atoms with Gasteiger partial charge in [-0.05, 0) is 54.4 Å². The lowest BCUT2D eigenvalue weighted by Crippen LogP contribution is -2.13. The molecular weight excluding hydrogens is 380 g/mol. The summed E-state index contributed by atoms with van der Waals surface area (Å²) in [5.41, 5.74) is 4.18. The Morgan fingerprint density at radius 3 is 2.52 bits per heavy atom. The highest BCUT2D eigenvalue weighted by Gasteiger charge is 2.08. The van der Waals surface area contributed by atoms with Crippen molar-refractivity contribution < 1.29 is 4.79 Å². The van der Waals surface area contributed by atoms with E-state index in [-0.39, 0.29) is 5.91 Å². The van der Waals surface area contributed by atoms with Crippen LogP contribution in [0.3, 0.4) is 0 Å². The maximum Gasteiger partial charge on any atom is 0.274 e. The highest BCUT2D eigenvalue weighted by atomic mass is 79.9. The van der Waals surface area contributed by atoms with Gasteiger partial charge in [-0.1, -0.05) is 22.0 Å². The molecule has 2 heterocycles. The maximum absolute atomic E-state index is 12.3. The zero-order chi connectivity index (χ0) is 17.6. The summed E-state index contributed by atoms with van der Waals surface area (Å²) in [5.74, 6) is -0.239. The van der Waals surface area contributed by atoms with Gasteiger partial charge in [-0.25, -0.2) is 4.98 Å². The van der Waals surface area contributed by atoms with Gasteiger partial charge in [0.25, 0.3) is 5.91 Å². The molecule has 2 N–H and O–H groups in total. The molecular formula is C19H17BrN4O. The molecule has 126 valence electrons. The fourth-order valence-corrected chi connectivity index (χ4v) is 2.58. The number of aryl methyl sites for hydroxylation is 1. The number of hydrogen-bond donors (Lipinski definition) is 2. The van der Waals surface area contributed by atoms with Gasteiger partial charge in [-0.15, -0.1) is 0 Å². The van der Waals surface area contributed by atoms with Crippen molar-refractivity contribution >= 4 is 33.2 Å². The maximum atomic E-state index is 12.3. The molecule has 0 aliphatic carbocycles. The lowest BCUT2D eigenvalue weighted by Gasteiger charge is -2.08. The molecule has 1 amide bonds. The van der Waals surface area contributed by atoms with Crippen LogP contribution in [-0.4, -0.2) is 15.9 Å². The Morgan fingerprint density at radius 1 is 1.08 bits per heavy atom. The van der Waals surface area contributed by atoms with Gasteiger partial charge in [0.2, 0.25) is 0 Å². The zero-order valence-corrected chi connectivity index (χ0v) is 15.2. The van der Waals surface area contributed by atoms with Crippen molar-refractivity contribution in [1.29, 1.82) is 0 Å². The van der Waals surface area contributed by atoms with E-state index in [1.165, 1.54) is 0 Å². The van der Waals surface area contributed by atoms with Gasteiger partial charge >= 0.3 is 0 Å². The number of carbonyl (C=O) groups is 1. The number of pyridine rings is 2. The molecule has 0 atom stereocenters. The van der Waals surface area contributed by atoms with Gasteiger partial charge in [-0.3, -0.25) is 9.78 Å². The predicted octanol–water partition coefficient (Wildman–Crippen LogP) is 4.41. The minimum atomic E-state index is -0.239. The van der Waals surface area contributed by atoms with Crippen molar-refractivity contribution in [1.82, 2.24) is 9.97 Å². The summed E-state index contributed by atoms with van der Waals surface area (Å²) < 4.78 is 0.953. The summed E-state index contributed by atoms with van der Waals surface area (Å²) in [5, 5.41) is 6.11. The van der Waals surface area contributed by atoms with E-state index in [9.17, 15) is 4.79 Å². The van der Waals surface area contributed by atoms with Gasteiger partial charge in [0.05, 0.1) is 11.9 Å². The lowest BCUT2D eigenvalue weighted by molar-refractivity contribution is 0.102. The van der Waals surface area contributed by atoms with Crippen LogP contribution in [0.4, 0.5) is 11.4 Å². The number of aromatic nitrogens is 2. The highest BCUT2D eigenvalue weighted by Crippen LogP contribution is 2.21. The quantitative estimate of drug-likeness (QED) is 0.669. The van der Waals surface area contributed by atoms with Crippen LogP contribution in [0.25, 0.3) is 0 Å². The zero-order valence-electron chi connectivity index (χ0n) is 13.7. The number of carbonyl (C=O) groups excluding carboxylic acids is 1. The van der Waals surface area contributed by atoms with E-state index in [2.05, 4.69) is 36.5 Å². The van der Waals surface area contributed by atoms with E-state index >= 15 is 0 Å². The third kappa shape index (κ3) is 4.64. The molecule has 0 bridgehead atoms. The summed E-state index contributed by atoms with van der Waals surface area (Å²) in [6.45, 7) is 2.67. The minimum Gasteiger partial charge on any atom is -0.380 e. The first kappa shape index (κ1) is 17.1. The van der Waals surface area contributed by atoms with E-state index in [4.69, 9.17) is 0 Å². The van der Waals surface area contributed by atoms with E-state index < -0.39 is 0 Å². The van der Waals surface area contributed by atoms with Crippen molar-refractivity contribution in [2.45, 2.75) is 13.5 Å². The van der Waals surface area contributed by atoms with E-state index in [0.29, 0.717) is 12.2 Å². The normalized spacial score (nSPS) is 10.3. The number of nitrogens with zero attached hydrogens (tertiary/aromatic N) is 2. The number of rotatable bonds is 5. The summed E-state index contributed by atoms with van der Waals surface area (Å²) in [7, 11) is 0. The minimum absolute atomic E-state index is 0.239. The molecule has 0 radical (unpaired) electrons. The molecule has 0 spiro atoms. The highest BCUT2D eigenvalue weighted by molar-refractivity contribution is 9.10. The van der Waals surface area contributed by atoms with Crippen LogP contribution in [0, 0.1) is 6.92 Å². The van der Waals surface area contributed by atoms with Crippen LogP contribution in [0.1, 0.15) is 21.6 Å². The predicted molar refractivity (Wildman–Crippen MR) is 103 cm³/mol. The first-order valence-corrected chi connectivity index (χ1v) is 8.57. The van der Waals surface area contributed by atoms with Gasteiger partial charge in [-0.2, -0.15) is 0 Å². The second-order valence-corrected chi connectivity index (χ2v) is 6.41. The molecule has 0 saturated carbocycles. The second-order valence-electron chi connectivity index (χ2n) is 5.56. The second kappa shape index (κ2) is 7.90. The van der Waals surface area contributed by atoms with Gasteiger partial charge in [0.15, 0.2) is 0 Å². The van der Waals surface area contributed by atoms with E-state index in [1.807, 2.05) is 43.3 Å². The van der Waals surface area contributed by atoms with Crippen molar-refractivity contribution in [2.24, 2.45) is 0 Å². The first-order chi connectivity index (χ1) is 12.1. The average molecular weight is 397 g/mol. The van der Waals surface area contributed by atoms with Crippen LogP contribution < -0.4 is 10.6 Å². The third-order valence-electron chi connectivity index (χ3n) is 3.67. The van der Waals surface area contributed by atoms with Gasteiger partial charge < -0.3 is 10.6 Å². The SMILES string of the molecule is Cc1ccc(NC(=O)c2ccc(NCc3ccncc3)cn2)cc1Br. The Morgan fingerprint density at radius 2 is 1.84 bits per heavy atom. The summed E-state index contributed by atoms with van der Waals surface area (Å²) in [6, 6.07) is 13.1. The number of benzene rings is 1. The average Bonchev–Trinajstić information content (AvgIpc) is 2.64. The summed E-state index contributed by atoms with van der Waals surface area (Å²) >= 11 is 3.46. The lowest BCUT2D eigenvalue weighted by atomic mass is 10.2. The first-order valence-electron chi connectivity index (χ1n) is 7.78. The molecule has 3 aromatic rings. The molecule has 0 aliphatic rings. The molecule has 25 heavy (non-hydrogen) atoms. The Kier molecular flexibility index (Phi) is 5.40. The standard InChI is InChI=1S/C19H17BrN4O/c1-13-2-3-15(10-17(13)20)24-19(25)18-5-4-16(12-23-18)22-11-14-6-8-21-9-7-14/h2-10,12,22H,11H2,1H3,(H,24,25). The number of hydrogen-bond acceptors (Lipinski definition) is 4.